The number of hydrogen-bond donors (Lipinski definition) is 1. The van der Waals surface area contributed by atoms with Crippen LogP contribution in [0.15, 0.2) is 30.9 Å². The molecule has 1 aromatic carbocycles. The highest BCUT2D eigenvalue weighted by Crippen LogP contribution is 2.26. The van der Waals surface area contributed by atoms with Crippen LogP contribution in [0.25, 0.3) is 0 Å². The maximum atomic E-state index is 13.4. The molecule has 8 heteroatoms. The molecule has 1 aromatic heterocycles. The van der Waals surface area contributed by atoms with E-state index in [0.29, 0.717) is 57.1 Å². The molecule has 6 nitrogen and oxygen atoms in total. The van der Waals surface area contributed by atoms with Gasteiger partial charge in [0.25, 0.3) is 5.91 Å². The summed E-state index contributed by atoms with van der Waals surface area (Å²) in [7, 11) is 0. The number of morpholine rings is 1. The van der Waals surface area contributed by atoms with Crippen molar-refractivity contribution < 1.29 is 18.3 Å². The van der Waals surface area contributed by atoms with Gasteiger partial charge in [0.05, 0.1) is 19.8 Å². The van der Waals surface area contributed by atoms with Gasteiger partial charge in [-0.1, -0.05) is 6.08 Å². The van der Waals surface area contributed by atoms with E-state index in [1.54, 1.807) is 11.0 Å². The fraction of sp³-hybridized carbons (Fsp3) is 0.455. The second-order valence-electron chi connectivity index (χ2n) is 7.75. The van der Waals surface area contributed by atoms with Gasteiger partial charge in [-0.15, -0.1) is 6.58 Å². The topological polar surface area (TPSA) is 59.4 Å². The molecule has 2 heterocycles. The number of ether oxygens (including phenoxy) is 1. The normalized spacial score (nSPS) is 18.9. The summed E-state index contributed by atoms with van der Waals surface area (Å²) in [4.78, 5) is 14.9. The molecule has 4 rings (SSSR count). The first-order valence-electron chi connectivity index (χ1n) is 10.3. The van der Waals surface area contributed by atoms with Crippen molar-refractivity contribution in [1.82, 2.24) is 20.0 Å². The van der Waals surface area contributed by atoms with Crippen LogP contribution >= 0.6 is 0 Å². The van der Waals surface area contributed by atoms with Crippen molar-refractivity contribution in [2.75, 3.05) is 26.3 Å². The third kappa shape index (κ3) is 4.44. The molecule has 0 spiro atoms. The van der Waals surface area contributed by atoms with Gasteiger partial charge in [0.1, 0.15) is 11.6 Å². The minimum atomic E-state index is -0.582. The number of hydrogen-bond acceptors (Lipinski definition) is 4. The second kappa shape index (κ2) is 9.06. The highest BCUT2D eigenvalue weighted by Gasteiger charge is 2.31. The van der Waals surface area contributed by atoms with Gasteiger partial charge in [-0.3, -0.25) is 9.48 Å². The number of carbonyl (C=O) groups excluding carboxylic acids is 1. The molecule has 1 aliphatic carbocycles. The van der Waals surface area contributed by atoms with E-state index in [1.165, 1.54) is 12.1 Å². The maximum Gasteiger partial charge on any atom is 0.274 e. The van der Waals surface area contributed by atoms with Crippen LogP contribution in [-0.4, -0.2) is 52.9 Å². The third-order valence-electron chi connectivity index (χ3n) is 5.67. The minimum absolute atomic E-state index is 0.0646. The average Bonchev–Trinajstić information content (AvgIpc) is 3.10. The lowest BCUT2D eigenvalue weighted by Crippen LogP contribution is -2.41. The fourth-order valence-electron chi connectivity index (χ4n) is 4.20. The number of amides is 1. The monoisotopic (exact) mass is 416 g/mol. The Balaban J connectivity index is 1.52. The van der Waals surface area contributed by atoms with Crippen LogP contribution in [-0.2, 0) is 30.7 Å². The molecule has 1 amide bonds. The van der Waals surface area contributed by atoms with Crippen molar-refractivity contribution in [3.63, 3.8) is 0 Å². The first-order valence-corrected chi connectivity index (χ1v) is 10.3. The number of nitrogens with one attached hydrogen (secondary N) is 1. The second-order valence-corrected chi connectivity index (χ2v) is 7.75. The Morgan fingerprint density at radius 1 is 1.27 bits per heavy atom. The first kappa shape index (κ1) is 20.7. The average molecular weight is 416 g/mol. The van der Waals surface area contributed by atoms with E-state index >= 15 is 0 Å². The molecule has 0 unspecified atom stereocenters. The molecule has 1 fully saturated rings. The summed E-state index contributed by atoms with van der Waals surface area (Å²) in [6.07, 6.45) is 4.06. The van der Waals surface area contributed by atoms with Gasteiger partial charge in [-0.05, 0) is 37.0 Å². The van der Waals surface area contributed by atoms with E-state index in [2.05, 4.69) is 17.0 Å². The van der Waals surface area contributed by atoms with Gasteiger partial charge in [0, 0.05) is 43.0 Å². The van der Waals surface area contributed by atoms with Gasteiger partial charge in [-0.25, -0.2) is 8.78 Å². The Bertz CT molecular complexity index is 917. The number of carbonyl (C=O) groups is 1. The van der Waals surface area contributed by atoms with E-state index < -0.39 is 11.6 Å². The summed E-state index contributed by atoms with van der Waals surface area (Å²) in [5.74, 6) is -1.23. The van der Waals surface area contributed by atoms with Crippen LogP contribution in [0.5, 0.6) is 0 Å². The van der Waals surface area contributed by atoms with Gasteiger partial charge in [0.15, 0.2) is 5.69 Å². The summed E-state index contributed by atoms with van der Waals surface area (Å²) in [5, 5.41) is 8.00. The molecule has 2 aliphatic rings. The predicted molar refractivity (Wildman–Crippen MR) is 108 cm³/mol. The molecule has 1 aliphatic heterocycles. The van der Waals surface area contributed by atoms with Crippen molar-refractivity contribution in [3.05, 3.63) is 65.0 Å². The van der Waals surface area contributed by atoms with E-state index in [-0.39, 0.29) is 11.9 Å². The SMILES string of the molecule is C=CCn1nc(C(=O)N2CCOCC2)c2c1CC[C@H](NCc1cc(F)cc(F)c1)C2. The summed E-state index contributed by atoms with van der Waals surface area (Å²) in [5.41, 5.74) is 3.09. The quantitative estimate of drug-likeness (QED) is 0.735. The standard InChI is InChI=1S/C22H26F2N4O2/c1-2-5-28-20-4-3-18(25-14-15-10-16(23)12-17(24)11-15)13-19(20)21(26-28)22(29)27-6-8-30-9-7-27/h2,10-12,18,25H,1,3-9,13-14H2/t18-/m0/s1. The molecular weight excluding hydrogens is 390 g/mol. The molecule has 0 bridgehead atoms. The van der Waals surface area contributed by atoms with Crippen LogP contribution in [0.2, 0.25) is 0 Å². The molecule has 160 valence electrons. The van der Waals surface area contributed by atoms with Crippen molar-refractivity contribution in [1.29, 1.82) is 0 Å². The van der Waals surface area contributed by atoms with Crippen LogP contribution < -0.4 is 5.32 Å². The number of allylic oxidation sites excluding steroid dienone is 1. The molecule has 1 N–H and O–H groups in total. The van der Waals surface area contributed by atoms with Crippen LogP contribution in [0.3, 0.4) is 0 Å². The van der Waals surface area contributed by atoms with E-state index in [9.17, 15) is 13.6 Å². The number of nitrogens with zero attached hydrogens (tertiary/aromatic N) is 3. The molecule has 1 saturated heterocycles. The molecule has 30 heavy (non-hydrogen) atoms. The largest absolute Gasteiger partial charge is 0.378 e. The molecule has 0 radical (unpaired) electrons. The number of rotatable bonds is 6. The fourth-order valence-corrected chi connectivity index (χ4v) is 4.20. The summed E-state index contributed by atoms with van der Waals surface area (Å²) in [6.45, 7) is 6.92. The zero-order valence-corrected chi connectivity index (χ0v) is 16.9. The molecule has 1 atom stereocenters. The molecular formula is C22H26F2N4O2. The smallest absolute Gasteiger partial charge is 0.274 e. The van der Waals surface area contributed by atoms with Gasteiger partial charge in [-0.2, -0.15) is 5.10 Å². The predicted octanol–water partition coefficient (Wildman–Crippen LogP) is 2.47. The van der Waals surface area contributed by atoms with Crippen molar-refractivity contribution in [3.8, 4) is 0 Å². The number of halogens is 2. The Hall–Kier alpha value is -2.58. The lowest BCUT2D eigenvalue weighted by atomic mass is 9.90. The van der Waals surface area contributed by atoms with Crippen molar-refractivity contribution in [2.45, 2.75) is 38.4 Å². The van der Waals surface area contributed by atoms with Crippen molar-refractivity contribution in [2.24, 2.45) is 0 Å². The van der Waals surface area contributed by atoms with Crippen LogP contribution in [0.4, 0.5) is 8.78 Å². The Morgan fingerprint density at radius 2 is 2.00 bits per heavy atom. The van der Waals surface area contributed by atoms with Gasteiger partial charge < -0.3 is 15.0 Å². The maximum absolute atomic E-state index is 13.4. The first-order chi connectivity index (χ1) is 14.5. The highest BCUT2D eigenvalue weighted by molar-refractivity contribution is 5.94. The Kier molecular flexibility index (Phi) is 6.24. The Labute approximate surface area is 174 Å². The summed E-state index contributed by atoms with van der Waals surface area (Å²) < 4.78 is 34.1. The number of fused-ring (bicyclic) bond motifs is 1. The Morgan fingerprint density at radius 3 is 2.70 bits per heavy atom. The lowest BCUT2D eigenvalue weighted by molar-refractivity contribution is 0.0297. The summed E-state index contributed by atoms with van der Waals surface area (Å²) in [6, 6.07) is 3.63. The van der Waals surface area contributed by atoms with E-state index in [0.717, 1.165) is 30.2 Å². The molecule has 2 aromatic rings. The zero-order chi connectivity index (χ0) is 21.1. The lowest BCUT2D eigenvalue weighted by Gasteiger charge is -2.28. The summed E-state index contributed by atoms with van der Waals surface area (Å²) >= 11 is 0. The van der Waals surface area contributed by atoms with E-state index in [1.807, 2.05) is 4.68 Å². The van der Waals surface area contributed by atoms with Crippen LogP contribution in [0.1, 0.15) is 33.7 Å². The minimum Gasteiger partial charge on any atom is -0.378 e. The highest BCUT2D eigenvalue weighted by atomic mass is 19.1. The number of aromatic nitrogens is 2. The van der Waals surface area contributed by atoms with Crippen LogP contribution in [0, 0.1) is 11.6 Å². The third-order valence-corrected chi connectivity index (χ3v) is 5.67. The zero-order valence-electron chi connectivity index (χ0n) is 16.9. The number of benzene rings is 1. The van der Waals surface area contributed by atoms with Gasteiger partial charge >= 0.3 is 0 Å². The van der Waals surface area contributed by atoms with E-state index in [4.69, 9.17) is 4.74 Å². The van der Waals surface area contributed by atoms with Crippen molar-refractivity contribution >= 4 is 5.91 Å². The molecule has 0 saturated carbocycles. The van der Waals surface area contributed by atoms with Gasteiger partial charge in [0.2, 0.25) is 0 Å².